The maximum Gasteiger partial charge on any atom is 0.226 e. The Morgan fingerprint density at radius 1 is 1.39 bits per heavy atom. The lowest BCUT2D eigenvalue weighted by molar-refractivity contribution is -0.128. The number of hydrogen-bond donors (Lipinski definition) is 1. The molecule has 2 heterocycles. The number of hydrogen-bond acceptors (Lipinski definition) is 4. The van der Waals surface area contributed by atoms with Crippen LogP contribution in [0.5, 0.6) is 0 Å². The summed E-state index contributed by atoms with van der Waals surface area (Å²) in [5, 5.41) is 3.67. The van der Waals surface area contributed by atoms with Crippen molar-refractivity contribution in [2.75, 3.05) is 13.6 Å². The van der Waals surface area contributed by atoms with Crippen molar-refractivity contribution >= 4 is 34.5 Å². The zero-order chi connectivity index (χ0) is 19.5. The Hall–Kier alpha value is -2.52. The van der Waals surface area contributed by atoms with E-state index in [2.05, 4.69) is 22.1 Å². The minimum absolute atomic E-state index is 0.0237. The van der Waals surface area contributed by atoms with Crippen molar-refractivity contribution in [3.63, 3.8) is 0 Å². The molecule has 1 N–H and O–H groups in total. The van der Waals surface area contributed by atoms with Crippen LogP contribution < -0.4 is 5.32 Å². The first-order chi connectivity index (χ1) is 13.4. The molecule has 2 fully saturated rings. The highest BCUT2D eigenvalue weighted by Crippen LogP contribution is 2.55. The molecule has 2 amide bonds. The summed E-state index contributed by atoms with van der Waals surface area (Å²) in [6.45, 7) is 0.486. The molecule has 28 heavy (non-hydrogen) atoms. The standard InChI is InChI=1S/C21H20ClN3O3/c1-25-11-12(6-18(25)26)19(27)23-15-4-5-21(10-15)8-13(9-21)20-24-16-7-14(22)2-3-17(16)28-20/h2-3,7,12-13,15H,6,8-11H2,1H3,(H,23,27)/t12-,13?,15+,21?/m1/s1. The molecule has 0 bridgehead atoms. The summed E-state index contributed by atoms with van der Waals surface area (Å²) < 4.78 is 5.88. The topological polar surface area (TPSA) is 75.4 Å². The first-order valence-corrected chi connectivity index (χ1v) is 9.92. The van der Waals surface area contributed by atoms with Gasteiger partial charge in [0.1, 0.15) is 5.52 Å². The lowest BCUT2D eigenvalue weighted by Gasteiger charge is -2.41. The van der Waals surface area contributed by atoms with Gasteiger partial charge in [-0.25, -0.2) is 4.98 Å². The van der Waals surface area contributed by atoms with E-state index in [1.165, 1.54) is 0 Å². The van der Waals surface area contributed by atoms with Gasteiger partial charge in [0.05, 0.1) is 12.0 Å². The highest BCUT2D eigenvalue weighted by Gasteiger charge is 2.49. The number of benzene rings is 1. The van der Waals surface area contributed by atoms with E-state index < -0.39 is 0 Å². The van der Waals surface area contributed by atoms with Gasteiger partial charge in [0, 0.05) is 36.4 Å². The summed E-state index contributed by atoms with van der Waals surface area (Å²) in [4.78, 5) is 30.2. The highest BCUT2D eigenvalue weighted by atomic mass is 35.5. The van der Waals surface area contributed by atoms with Crippen molar-refractivity contribution in [2.45, 2.75) is 37.6 Å². The van der Waals surface area contributed by atoms with E-state index in [9.17, 15) is 9.59 Å². The molecule has 3 aliphatic rings. The van der Waals surface area contributed by atoms with Crippen LogP contribution in [0.4, 0.5) is 0 Å². The minimum atomic E-state index is -0.267. The zero-order valence-electron chi connectivity index (χ0n) is 15.5. The molecule has 144 valence electrons. The summed E-state index contributed by atoms with van der Waals surface area (Å²) in [5.74, 6) is 7.20. The monoisotopic (exact) mass is 397 g/mol. The number of amides is 2. The Kier molecular flexibility index (Phi) is 3.92. The Bertz CT molecular complexity index is 1040. The summed E-state index contributed by atoms with van der Waals surface area (Å²) in [6, 6.07) is 5.31. The largest absolute Gasteiger partial charge is 0.440 e. The van der Waals surface area contributed by atoms with E-state index in [4.69, 9.17) is 16.0 Å². The number of carbonyl (C=O) groups is 2. The van der Waals surface area contributed by atoms with E-state index in [-0.39, 0.29) is 41.5 Å². The normalized spacial score (nSPS) is 31.1. The van der Waals surface area contributed by atoms with Crippen LogP contribution in [0, 0.1) is 23.2 Å². The number of nitrogens with one attached hydrogen (secondary N) is 1. The number of oxazole rings is 1. The number of rotatable bonds is 3. The van der Waals surface area contributed by atoms with Gasteiger partial charge in [-0.1, -0.05) is 23.4 Å². The molecule has 1 saturated carbocycles. The van der Waals surface area contributed by atoms with E-state index in [1.807, 2.05) is 12.1 Å². The highest BCUT2D eigenvalue weighted by molar-refractivity contribution is 6.31. The van der Waals surface area contributed by atoms with Crippen LogP contribution >= 0.6 is 11.6 Å². The maximum atomic E-state index is 12.4. The first kappa shape index (κ1) is 17.6. The van der Waals surface area contributed by atoms with Crippen LogP contribution in [0.25, 0.3) is 11.1 Å². The molecule has 1 aromatic heterocycles. The Morgan fingerprint density at radius 2 is 2.21 bits per heavy atom. The van der Waals surface area contributed by atoms with Gasteiger partial charge >= 0.3 is 0 Å². The van der Waals surface area contributed by atoms with E-state index in [0.717, 1.165) is 36.3 Å². The molecule has 0 radical (unpaired) electrons. The third-order valence-electron chi connectivity index (χ3n) is 6.12. The fourth-order valence-corrected chi connectivity index (χ4v) is 4.74. The average Bonchev–Trinajstić information content (AvgIpc) is 3.31. The van der Waals surface area contributed by atoms with Crippen molar-refractivity contribution in [2.24, 2.45) is 11.3 Å². The van der Waals surface area contributed by atoms with Gasteiger partial charge in [0.25, 0.3) is 0 Å². The summed E-state index contributed by atoms with van der Waals surface area (Å²) in [7, 11) is 1.73. The molecular weight excluding hydrogens is 378 g/mol. The molecule has 1 aromatic carbocycles. The second-order valence-electron chi connectivity index (χ2n) is 8.26. The Morgan fingerprint density at radius 3 is 2.96 bits per heavy atom. The van der Waals surface area contributed by atoms with Crippen LogP contribution in [0.15, 0.2) is 22.6 Å². The summed E-state index contributed by atoms with van der Waals surface area (Å²) >= 11 is 6.02. The van der Waals surface area contributed by atoms with Crippen molar-refractivity contribution in [1.82, 2.24) is 15.2 Å². The lowest BCUT2D eigenvalue weighted by Crippen LogP contribution is -2.42. The number of likely N-dealkylation sites (tertiary alicyclic amines) is 1. The van der Waals surface area contributed by atoms with Crippen LogP contribution in [0.3, 0.4) is 0 Å². The number of aromatic nitrogens is 1. The van der Waals surface area contributed by atoms with Crippen molar-refractivity contribution in [1.29, 1.82) is 0 Å². The SMILES string of the molecule is CN1C[C@H](C(=O)N[C@H]2C#CC3(CC(c4nc5cc(Cl)ccc5o4)C3)C2)CC1=O. The molecular formula is C21H20ClN3O3. The van der Waals surface area contributed by atoms with E-state index >= 15 is 0 Å². The van der Waals surface area contributed by atoms with E-state index in [0.29, 0.717) is 11.6 Å². The molecule has 0 unspecified atom stereocenters. The average molecular weight is 398 g/mol. The van der Waals surface area contributed by atoms with E-state index in [1.54, 1.807) is 18.0 Å². The third kappa shape index (κ3) is 2.94. The maximum absolute atomic E-state index is 12.4. The number of carbonyl (C=O) groups excluding carboxylic acids is 2. The smallest absolute Gasteiger partial charge is 0.226 e. The second kappa shape index (κ2) is 6.25. The summed E-state index contributed by atoms with van der Waals surface area (Å²) in [5.41, 5.74) is 1.46. The molecule has 1 aliphatic heterocycles. The van der Waals surface area contributed by atoms with Gasteiger partial charge in [-0.05, 0) is 37.5 Å². The predicted octanol–water partition coefficient (Wildman–Crippen LogP) is 2.72. The predicted molar refractivity (Wildman–Crippen MR) is 103 cm³/mol. The zero-order valence-corrected chi connectivity index (χ0v) is 16.3. The van der Waals surface area contributed by atoms with Gasteiger partial charge in [0.2, 0.25) is 11.8 Å². The van der Waals surface area contributed by atoms with Crippen molar-refractivity contribution in [3.05, 3.63) is 29.1 Å². The molecule has 1 spiro atoms. The van der Waals surface area contributed by atoms with Crippen LogP contribution in [-0.4, -0.2) is 41.3 Å². The second-order valence-corrected chi connectivity index (χ2v) is 8.70. The number of nitrogens with zero attached hydrogens (tertiary/aromatic N) is 2. The first-order valence-electron chi connectivity index (χ1n) is 9.54. The quantitative estimate of drug-likeness (QED) is 0.808. The van der Waals surface area contributed by atoms with Gasteiger partial charge in [-0.15, -0.1) is 0 Å². The number of fused-ring (bicyclic) bond motifs is 1. The number of halogens is 1. The fourth-order valence-electron chi connectivity index (χ4n) is 4.57. The van der Waals surface area contributed by atoms with Crippen LogP contribution in [-0.2, 0) is 9.59 Å². The van der Waals surface area contributed by atoms with Crippen LogP contribution in [0.2, 0.25) is 5.02 Å². The Balaban J connectivity index is 1.19. The minimum Gasteiger partial charge on any atom is -0.440 e. The molecule has 6 nitrogen and oxygen atoms in total. The van der Waals surface area contributed by atoms with Gasteiger partial charge in [-0.2, -0.15) is 0 Å². The summed E-state index contributed by atoms with van der Waals surface area (Å²) in [6.07, 6.45) is 2.85. The fraction of sp³-hybridized carbons (Fsp3) is 0.476. The molecule has 2 atom stereocenters. The third-order valence-corrected chi connectivity index (χ3v) is 6.36. The molecule has 2 aliphatic carbocycles. The van der Waals surface area contributed by atoms with Crippen LogP contribution in [0.1, 0.15) is 37.5 Å². The molecule has 5 rings (SSSR count). The van der Waals surface area contributed by atoms with Crippen molar-refractivity contribution in [3.8, 4) is 11.8 Å². The van der Waals surface area contributed by atoms with Gasteiger partial charge in [0.15, 0.2) is 11.5 Å². The molecule has 2 aromatic rings. The van der Waals surface area contributed by atoms with Gasteiger partial charge in [-0.3, -0.25) is 9.59 Å². The van der Waals surface area contributed by atoms with Crippen molar-refractivity contribution < 1.29 is 14.0 Å². The lowest BCUT2D eigenvalue weighted by atomic mass is 9.61. The Labute approximate surface area is 167 Å². The molecule has 1 saturated heterocycles. The molecule has 7 heteroatoms. The van der Waals surface area contributed by atoms with Gasteiger partial charge < -0.3 is 14.6 Å².